The molecule has 4 N–H and O–H groups in total. The molecule has 0 aliphatic heterocycles. The maximum atomic E-state index is 13.5. The molecule has 0 aromatic heterocycles. The van der Waals surface area contributed by atoms with Gasteiger partial charge in [0.2, 0.25) is 5.91 Å². The molecule has 1 aromatic carbocycles. The zero-order chi connectivity index (χ0) is 12.3. The molecule has 0 fully saturated rings. The van der Waals surface area contributed by atoms with Gasteiger partial charge in [-0.25, -0.2) is 4.39 Å². The van der Waals surface area contributed by atoms with Crippen LogP contribution in [-0.2, 0) is 4.79 Å². The summed E-state index contributed by atoms with van der Waals surface area (Å²) in [5, 5.41) is 0. The first kappa shape index (κ1) is 12.4. The second-order valence-corrected chi connectivity index (χ2v) is 3.76. The summed E-state index contributed by atoms with van der Waals surface area (Å²) >= 11 is 4.76. The highest BCUT2D eigenvalue weighted by molar-refractivity contribution is 7.80. The fourth-order valence-electron chi connectivity index (χ4n) is 1.39. The van der Waals surface area contributed by atoms with Gasteiger partial charge in [0.25, 0.3) is 0 Å². The molecule has 0 heterocycles. The Hall–Kier alpha value is -1.69. The molecule has 0 saturated heterocycles. The van der Waals surface area contributed by atoms with E-state index in [1.54, 1.807) is 13.1 Å². The molecule has 0 unspecified atom stereocenters. The number of amides is 1. The van der Waals surface area contributed by atoms with E-state index in [9.17, 15) is 9.18 Å². The Bertz CT molecular complexity index is 436. The second kappa shape index (κ2) is 4.89. The highest BCUT2D eigenvalue weighted by atomic mass is 32.1. The van der Waals surface area contributed by atoms with Crippen LogP contribution < -0.4 is 16.4 Å². The van der Waals surface area contributed by atoms with E-state index in [-0.39, 0.29) is 17.1 Å². The van der Waals surface area contributed by atoms with Crippen LogP contribution in [0.1, 0.15) is 5.56 Å². The largest absolute Gasteiger partial charge is 0.389 e. The summed E-state index contributed by atoms with van der Waals surface area (Å²) in [6, 6.07) is 4.40. The van der Waals surface area contributed by atoms with E-state index >= 15 is 0 Å². The third kappa shape index (κ3) is 2.66. The molecule has 86 valence electrons. The molecular formula is C10H12FN3OS. The van der Waals surface area contributed by atoms with Crippen LogP contribution >= 0.6 is 12.2 Å². The molecule has 0 spiro atoms. The normalized spacial score (nSPS) is 9.88. The van der Waals surface area contributed by atoms with Gasteiger partial charge in [-0.3, -0.25) is 4.79 Å². The van der Waals surface area contributed by atoms with Crippen LogP contribution in [-0.4, -0.2) is 24.5 Å². The van der Waals surface area contributed by atoms with Crippen molar-refractivity contribution >= 4 is 28.8 Å². The number of primary amides is 1. The van der Waals surface area contributed by atoms with Crippen molar-refractivity contribution in [3.05, 3.63) is 29.6 Å². The van der Waals surface area contributed by atoms with E-state index in [4.69, 9.17) is 23.7 Å². The number of nitrogens with two attached hydrogens (primary N) is 2. The van der Waals surface area contributed by atoms with Crippen molar-refractivity contribution in [3.63, 3.8) is 0 Å². The lowest BCUT2D eigenvalue weighted by atomic mass is 10.1. The smallest absolute Gasteiger partial charge is 0.236 e. The molecule has 0 radical (unpaired) electrons. The highest BCUT2D eigenvalue weighted by Crippen LogP contribution is 2.21. The summed E-state index contributed by atoms with van der Waals surface area (Å²) in [5.41, 5.74) is 11.1. The van der Waals surface area contributed by atoms with Crippen LogP contribution in [0.5, 0.6) is 0 Å². The number of thiocarbonyl (C=S) groups is 1. The molecule has 0 saturated carbocycles. The van der Waals surface area contributed by atoms with Gasteiger partial charge in [0.1, 0.15) is 10.8 Å². The topological polar surface area (TPSA) is 72.3 Å². The van der Waals surface area contributed by atoms with Gasteiger partial charge in [0.05, 0.1) is 17.8 Å². The van der Waals surface area contributed by atoms with E-state index < -0.39 is 11.7 Å². The van der Waals surface area contributed by atoms with E-state index in [1.807, 2.05) is 0 Å². The number of carbonyl (C=O) groups excluding carboxylic acids is 1. The molecule has 0 atom stereocenters. The zero-order valence-corrected chi connectivity index (χ0v) is 9.55. The van der Waals surface area contributed by atoms with Crippen LogP contribution in [0.4, 0.5) is 10.1 Å². The van der Waals surface area contributed by atoms with Crippen molar-refractivity contribution in [1.82, 2.24) is 0 Å². The summed E-state index contributed by atoms with van der Waals surface area (Å²) < 4.78 is 13.5. The van der Waals surface area contributed by atoms with Gasteiger partial charge in [-0.2, -0.15) is 0 Å². The SMILES string of the molecule is CN(CC(N)=O)c1cccc(F)c1C(N)=S. The van der Waals surface area contributed by atoms with Gasteiger partial charge < -0.3 is 16.4 Å². The van der Waals surface area contributed by atoms with E-state index in [1.165, 1.54) is 17.0 Å². The third-order valence-corrected chi connectivity index (χ3v) is 2.25. The summed E-state index contributed by atoms with van der Waals surface area (Å²) in [5.74, 6) is -1.03. The first-order valence-corrected chi connectivity index (χ1v) is 4.92. The second-order valence-electron chi connectivity index (χ2n) is 3.32. The minimum absolute atomic E-state index is 0.0287. The number of likely N-dealkylation sites (N-methyl/N-ethyl adjacent to an activating group) is 1. The predicted molar refractivity (Wildman–Crippen MR) is 64.8 cm³/mol. The lowest BCUT2D eigenvalue weighted by molar-refractivity contribution is -0.116. The lowest BCUT2D eigenvalue weighted by Crippen LogP contribution is -2.32. The molecule has 0 aliphatic rings. The van der Waals surface area contributed by atoms with Crippen LogP contribution in [0.3, 0.4) is 0 Å². The van der Waals surface area contributed by atoms with Crippen molar-refractivity contribution in [2.75, 3.05) is 18.5 Å². The Morgan fingerprint density at radius 3 is 2.62 bits per heavy atom. The fourth-order valence-corrected chi connectivity index (χ4v) is 1.60. The predicted octanol–water partition coefficient (Wildman–Crippen LogP) is 0.381. The number of carbonyl (C=O) groups is 1. The molecule has 1 rings (SSSR count). The van der Waals surface area contributed by atoms with Gasteiger partial charge >= 0.3 is 0 Å². The van der Waals surface area contributed by atoms with E-state index in [2.05, 4.69) is 0 Å². The van der Waals surface area contributed by atoms with Crippen molar-refractivity contribution in [1.29, 1.82) is 0 Å². The fraction of sp³-hybridized carbons (Fsp3) is 0.200. The maximum absolute atomic E-state index is 13.5. The number of hydrogen-bond acceptors (Lipinski definition) is 3. The number of nitrogens with zero attached hydrogens (tertiary/aromatic N) is 1. The molecule has 4 nitrogen and oxygen atoms in total. The van der Waals surface area contributed by atoms with Gasteiger partial charge in [0, 0.05) is 7.05 Å². The van der Waals surface area contributed by atoms with Gasteiger partial charge in [0.15, 0.2) is 0 Å². The first-order valence-electron chi connectivity index (χ1n) is 4.51. The molecule has 6 heteroatoms. The standard InChI is InChI=1S/C10H12FN3OS/c1-14(5-8(12)15)7-4-2-3-6(11)9(7)10(13)16/h2-4H,5H2,1H3,(H2,12,15)(H2,13,16). The van der Waals surface area contributed by atoms with Gasteiger partial charge in [-0.05, 0) is 12.1 Å². The first-order chi connectivity index (χ1) is 7.43. The summed E-state index contributed by atoms with van der Waals surface area (Å²) in [7, 11) is 1.61. The molecule has 16 heavy (non-hydrogen) atoms. The average molecular weight is 241 g/mol. The quantitative estimate of drug-likeness (QED) is 0.748. The minimum atomic E-state index is -0.513. The van der Waals surface area contributed by atoms with Crippen LogP contribution in [0.15, 0.2) is 18.2 Å². The highest BCUT2D eigenvalue weighted by Gasteiger charge is 2.15. The third-order valence-electron chi connectivity index (χ3n) is 2.04. The average Bonchev–Trinajstić information content (AvgIpc) is 2.15. The van der Waals surface area contributed by atoms with Crippen molar-refractivity contribution in [3.8, 4) is 0 Å². The molecule has 1 amide bonds. The molecule has 1 aromatic rings. The van der Waals surface area contributed by atoms with Crippen molar-refractivity contribution in [2.24, 2.45) is 11.5 Å². The van der Waals surface area contributed by atoms with E-state index in [0.29, 0.717) is 5.69 Å². The maximum Gasteiger partial charge on any atom is 0.236 e. The van der Waals surface area contributed by atoms with Gasteiger partial charge in [-0.15, -0.1) is 0 Å². The van der Waals surface area contributed by atoms with E-state index in [0.717, 1.165) is 0 Å². The molecule has 0 bridgehead atoms. The molecule has 0 aliphatic carbocycles. The molecular weight excluding hydrogens is 229 g/mol. The lowest BCUT2D eigenvalue weighted by Gasteiger charge is -2.20. The summed E-state index contributed by atoms with van der Waals surface area (Å²) in [4.78, 5) is 12.2. The Balaban J connectivity index is 3.17. The van der Waals surface area contributed by atoms with Crippen LogP contribution in [0, 0.1) is 5.82 Å². The number of hydrogen-bond donors (Lipinski definition) is 2. The Morgan fingerprint density at radius 2 is 2.12 bits per heavy atom. The number of rotatable bonds is 4. The number of anilines is 1. The summed E-state index contributed by atoms with van der Waals surface area (Å²) in [6.07, 6.45) is 0. The Morgan fingerprint density at radius 1 is 1.50 bits per heavy atom. The minimum Gasteiger partial charge on any atom is -0.389 e. The number of halogens is 1. The monoisotopic (exact) mass is 241 g/mol. The Labute approximate surface area is 98.0 Å². The Kier molecular flexibility index (Phi) is 3.78. The van der Waals surface area contributed by atoms with Crippen molar-refractivity contribution < 1.29 is 9.18 Å². The number of benzene rings is 1. The van der Waals surface area contributed by atoms with Crippen molar-refractivity contribution in [2.45, 2.75) is 0 Å². The van der Waals surface area contributed by atoms with Crippen LogP contribution in [0.2, 0.25) is 0 Å². The van der Waals surface area contributed by atoms with Gasteiger partial charge in [-0.1, -0.05) is 18.3 Å². The summed E-state index contributed by atoms with van der Waals surface area (Å²) in [6.45, 7) is -0.0287. The zero-order valence-electron chi connectivity index (χ0n) is 8.74. The van der Waals surface area contributed by atoms with Crippen LogP contribution in [0.25, 0.3) is 0 Å².